The van der Waals surface area contributed by atoms with E-state index in [1.165, 1.54) is 10.6 Å². The molecule has 1 unspecified atom stereocenters. The molecule has 7 rings (SSSR count). The number of quaternary nitrogens is 1. The van der Waals surface area contributed by atoms with E-state index in [4.69, 9.17) is 4.99 Å². The third-order valence-corrected chi connectivity index (χ3v) is 15.5. The van der Waals surface area contributed by atoms with Gasteiger partial charge in [0.15, 0.2) is 5.69 Å². The van der Waals surface area contributed by atoms with Crippen LogP contribution < -0.4 is 15.1 Å². The Hall–Kier alpha value is -4.59. The van der Waals surface area contributed by atoms with Crippen LogP contribution in [0.3, 0.4) is 0 Å². The molecule has 8 nitrogen and oxygen atoms in total. The SMILES string of the molecule is CCN=C(/C=C/c1c(C)n(CC(=O)NCCSSCCNC(=O)Cn2c(C)c(/C=C/[N+]3(CC)CSc4ccccc43)c3ccccc32)c2ccccc12)Sc1ccccc1. The van der Waals surface area contributed by atoms with Gasteiger partial charge in [0.1, 0.15) is 25.2 Å². The molecule has 2 N–H and O–H groups in total. The van der Waals surface area contributed by atoms with Crippen LogP contribution in [0.1, 0.15) is 36.4 Å². The minimum atomic E-state index is -0.0154. The molecule has 310 valence electrons. The Balaban J connectivity index is 0.865. The van der Waals surface area contributed by atoms with Gasteiger partial charge in [0.2, 0.25) is 11.8 Å². The summed E-state index contributed by atoms with van der Waals surface area (Å²) in [6.45, 7) is 11.8. The average Bonchev–Trinajstić information content (AvgIpc) is 3.86. The van der Waals surface area contributed by atoms with Crippen molar-refractivity contribution in [2.45, 2.75) is 50.6 Å². The van der Waals surface area contributed by atoms with Crippen LogP contribution >= 0.6 is 45.1 Å². The molecule has 0 fully saturated rings. The number of hydrogen-bond acceptors (Lipinski definition) is 7. The standard InChI is InChI=1S/C48H52N6O2S4/c1-5-49-48(60-37-16-8-7-9-17-37)25-24-38-35(3)52(42-20-12-10-18-40(38)42)32-46(55)50-27-30-58-59-31-28-51-47(56)33-53-36(4)39(41-19-11-13-21-43(41)53)26-29-54(6-2)34-57-45-23-15-14-22-44(45)54/h7-26,29H,5-6,27-28,30-34H2,1-4H3,(H-,50,51,55,56)/p+1/b25-24+,29-26+,49-48?. The maximum absolute atomic E-state index is 13.2. The van der Waals surface area contributed by atoms with Crippen molar-refractivity contribution in [3.63, 3.8) is 0 Å². The highest BCUT2D eigenvalue weighted by atomic mass is 33.1. The second-order valence-corrected chi connectivity index (χ2v) is 19.3. The molecule has 1 atom stereocenters. The quantitative estimate of drug-likeness (QED) is 0.0224. The number of amides is 2. The van der Waals surface area contributed by atoms with E-state index in [-0.39, 0.29) is 24.9 Å². The first kappa shape index (κ1) is 43.5. The summed E-state index contributed by atoms with van der Waals surface area (Å²) >= 11 is 3.56. The molecular weight excluding hydrogens is 821 g/mol. The maximum atomic E-state index is 13.2. The number of carbonyl (C=O) groups excluding carboxylic acids is 2. The van der Waals surface area contributed by atoms with E-state index in [1.54, 1.807) is 33.3 Å². The Morgan fingerprint density at radius 2 is 1.28 bits per heavy atom. The number of thioether (sulfide) groups is 2. The number of para-hydroxylation sites is 3. The van der Waals surface area contributed by atoms with Crippen molar-refractivity contribution in [2.75, 3.05) is 43.6 Å². The monoisotopic (exact) mass is 873 g/mol. The fraction of sp³-hybridized carbons (Fsp3) is 0.271. The van der Waals surface area contributed by atoms with Gasteiger partial charge in [-0.1, -0.05) is 112 Å². The first-order chi connectivity index (χ1) is 29.3. The van der Waals surface area contributed by atoms with Gasteiger partial charge in [-0.05, 0) is 70.2 Å². The molecule has 3 heterocycles. The molecule has 2 aromatic heterocycles. The normalized spacial score (nSPS) is 15.4. The van der Waals surface area contributed by atoms with E-state index in [9.17, 15) is 9.59 Å². The van der Waals surface area contributed by atoms with Crippen LogP contribution in [0.15, 0.2) is 130 Å². The second-order valence-electron chi connectivity index (χ2n) is 14.5. The molecule has 0 radical (unpaired) electrons. The van der Waals surface area contributed by atoms with Gasteiger partial charge in [0, 0.05) is 92.5 Å². The van der Waals surface area contributed by atoms with Gasteiger partial charge in [-0.3, -0.25) is 19.1 Å². The van der Waals surface area contributed by atoms with E-state index in [1.807, 2.05) is 55.1 Å². The van der Waals surface area contributed by atoms with Crippen molar-refractivity contribution in [2.24, 2.45) is 4.99 Å². The Morgan fingerprint density at radius 3 is 1.88 bits per heavy atom. The molecule has 6 aromatic rings. The highest BCUT2D eigenvalue weighted by Gasteiger charge is 2.35. The first-order valence-electron chi connectivity index (χ1n) is 20.5. The number of nitrogens with zero attached hydrogens (tertiary/aromatic N) is 4. The molecule has 60 heavy (non-hydrogen) atoms. The van der Waals surface area contributed by atoms with Crippen LogP contribution in [0.4, 0.5) is 5.69 Å². The van der Waals surface area contributed by atoms with Gasteiger partial charge >= 0.3 is 0 Å². The minimum Gasteiger partial charge on any atom is -0.354 e. The first-order valence-corrected chi connectivity index (χ1v) is 24.8. The Bertz CT molecular complexity index is 2540. The largest absolute Gasteiger partial charge is 0.354 e. The number of aromatic nitrogens is 2. The van der Waals surface area contributed by atoms with Gasteiger partial charge in [0.25, 0.3) is 0 Å². The average molecular weight is 874 g/mol. The fourth-order valence-electron chi connectivity index (χ4n) is 7.67. The highest BCUT2D eigenvalue weighted by Crippen LogP contribution is 2.44. The predicted molar refractivity (Wildman–Crippen MR) is 262 cm³/mol. The Morgan fingerprint density at radius 1 is 0.733 bits per heavy atom. The molecule has 0 aliphatic carbocycles. The fourth-order valence-corrected chi connectivity index (χ4v) is 11.7. The summed E-state index contributed by atoms with van der Waals surface area (Å²) in [6.07, 6.45) is 8.81. The molecular formula is C48H53N6O2S4+. The summed E-state index contributed by atoms with van der Waals surface area (Å²) in [7, 11) is 3.42. The van der Waals surface area contributed by atoms with Gasteiger partial charge in [0.05, 0.1) is 16.5 Å². The summed E-state index contributed by atoms with van der Waals surface area (Å²) in [6, 6.07) is 35.6. The summed E-state index contributed by atoms with van der Waals surface area (Å²) in [5.74, 6) is 2.52. The number of rotatable bonds is 18. The van der Waals surface area contributed by atoms with Crippen LogP contribution in [0.25, 0.3) is 34.0 Å². The maximum Gasteiger partial charge on any atom is 0.239 e. The van der Waals surface area contributed by atoms with Gasteiger partial charge in [-0.2, -0.15) is 0 Å². The van der Waals surface area contributed by atoms with Crippen LogP contribution in [0.2, 0.25) is 0 Å². The minimum absolute atomic E-state index is 0.00116. The lowest BCUT2D eigenvalue weighted by molar-refractivity contribution is -0.122. The highest BCUT2D eigenvalue weighted by molar-refractivity contribution is 8.76. The Kier molecular flexibility index (Phi) is 15.1. The summed E-state index contributed by atoms with van der Waals surface area (Å²) in [5, 5.41) is 9.45. The zero-order chi connectivity index (χ0) is 41.9. The molecule has 4 aromatic carbocycles. The number of carbonyl (C=O) groups is 2. The zero-order valence-electron chi connectivity index (χ0n) is 34.7. The lowest BCUT2D eigenvalue weighted by Gasteiger charge is -2.28. The number of hydrogen-bond donors (Lipinski definition) is 2. The molecule has 0 bridgehead atoms. The summed E-state index contributed by atoms with van der Waals surface area (Å²) < 4.78 is 5.04. The van der Waals surface area contributed by atoms with Gasteiger partial charge < -0.3 is 19.8 Å². The van der Waals surface area contributed by atoms with Crippen LogP contribution in [0, 0.1) is 13.8 Å². The van der Waals surface area contributed by atoms with E-state index in [2.05, 4.69) is 132 Å². The van der Waals surface area contributed by atoms with E-state index >= 15 is 0 Å². The molecule has 0 spiro atoms. The number of aliphatic imine (C=N–C) groups is 1. The van der Waals surface area contributed by atoms with E-state index in [0.717, 1.165) is 82.7 Å². The van der Waals surface area contributed by atoms with E-state index in [0.29, 0.717) is 19.6 Å². The van der Waals surface area contributed by atoms with Gasteiger partial charge in [-0.15, -0.1) is 0 Å². The van der Waals surface area contributed by atoms with Crippen molar-refractivity contribution in [3.05, 3.63) is 138 Å². The Labute approximate surface area is 370 Å². The smallest absolute Gasteiger partial charge is 0.239 e. The topological polar surface area (TPSA) is 80.4 Å². The van der Waals surface area contributed by atoms with Crippen molar-refractivity contribution < 1.29 is 9.59 Å². The number of benzene rings is 4. The van der Waals surface area contributed by atoms with Crippen molar-refractivity contribution in [1.82, 2.24) is 24.3 Å². The van der Waals surface area contributed by atoms with Crippen LogP contribution in [-0.4, -0.2) is 69.6 Å². The van der Waals surface area contributed by atoms with E-state index < -0.39 is 0 Å². The molecule has 1 aliphatic rings. The number of nitrogens with one attached hydrogen (secondary N) is 2. The van der Waals surface area contributed by atoms with Crippen LogP contribution in [0.5, 0.6) is 0 Å². The number of fused-ring (bicyclic) bond motifs is 3. The molecule has 1 aliphatic heterocycles. The molecule has 0 saturated carbocycles. The lowest BCUT2D eigenvalue weighted by atomic mass is 10.1. The van der Waals surface area contributed by atoms with Crippen molar-refractivity contribution >= 4 is 102 Å². The second kappa shape index (κ2) is 20.8. The third kappa shape index (κ3) is 10.1. The zero-order valence-corrected chi connectivity index (χ0v) is 38.0. The molecule has 2 amide bonds. The third-order valence-electron chi connectivity index (χ3n) is 10.8. The summed E-state index contributed by atoms with van der Waals surface area (Å²) in [4.78, 5) is 33.6. The summed E-state index contributed by atoms with van der Waals surface area (Å²) in [5.41, 5.74) is 7.85. The van der Waals surface area contributed by atoms with Crippen molar-refractivity contribution in [3.8, 4) is 0 Å². The predicted octanol–water partition coefficient (Wildman–Crippen LogP) is 10.8. The van der Waals surface area contributed by atoms with Crippen LogP contribution in [-0.2, 0) is 22.7 Å². The molecule has 12 heteroatoms. The molecule has 0 saturated heterocycles. The van der Waals surface area contributed by atoms with Gasteiger partial charge in [-0.25, -0.2) is 0 Å². The lowest BCUT2D eigenvalue weighted by Crippen LogP contribution is -2.40. The van der Waals surface area contributed by atoms with Crippen molar-refractivity contribution in [1.29, 1.82) is 0 Å².